The first-order valence-corrected chi connectivity index (χ1v) is 9.64. The smallest absolute Gasteiger partial charge is 0.323 e. The number of aliphatic hydroxyl groups excluding tert-OH is 2. The number of halogens is 1. The fourth-order valence-electron chi connectivity index (χ4n) is 2.92. The van der Waals surface area contributed by atoms with Gasteiger partial charge in [-0.1, -0.05) is 0 Å². The molecule has 1 aromatic heterocycles. The third kappa shape index (κ3) is 4.92. The van der Waals surface area contributed by atoms with Crippen molar-refractivity contribution in [3.8, 4) is 6.07 Å². The number of nitrogens with zero attached hydrogens (tertiary/aromatic N) is 2. The molecule has 3 aromatic rings. The molecule has 5 N–H and O–H groups in total. The number of aromatic amines is 2. The van der Waals surface area contributed by atoms with E-state index in [2.05, 4.69) is 15.3 Å². The molecule has 31 heavy (non-hydrogen) atoms. The van der Waals surface area contributed by atoms with Crippen LogP contribution < -0.4 is 15.9 Å². The van der Waals surface area contributed by atoms with Gasteiger partial charge in [0.1, 0.15) is 0 Å². The first-order valence-electron chi connectivity index (χ1n) is 9.10. The summed E-state index contributed by atoms with van der Waals surface area (Å²) in [7, 11) is 0. The van der Waals surface area contributed by atoms with Crippen LogP contribution >= 0.6 is 11.6 Å². The molecule has 0 radical (unpaired) electrons. The van der Waals surface area contributed by atoms with Crippen molar-refractivity contribution in [1.29, 1.82) is 5.26 Å². The third-order valence-corrected chi connectivity index (χ3v) is 4.66. The van der Waals surface area contributed by atoms with Gasteiger partial charge in [-0.25, -0.2) is 4.79 Å². The Kier molecular flexibility index (Phi) is 6.71. The summed E-state index contributed by atoms with van der Waals surface area (Å²) in [5, 5.41) is 31.7. The van der Waals surface area contributed by atoms with Crippen molar-refractivity contribution in [3.63, 3.8) is 0 Å². The van der Waals surface area contributed by atoms with E-state index in [0.717, 1.165) is 4.90 Å². The molecule has 0 aliphatic heterocycles. The van der Waals surface area contributed by atoms with Crippen molar-refractivity contribution >= 4 is 45.8 Å². The Hall–Kier alpha value is -3.65. The lowest BCUT2D eigenvalue weighted by molar-refractivity contribution is -0.141. The van der Waals surface area contributed by atoms with Gasteiger partial charge >= 0.3 is 5.69 Å². The molecule has 10 nitrogen and oxygen atoms in total. The van der Waals surface area contributed by atoms with Gasteiger partial charge in [-0.05, 0) is 42.5 Å². The van der Waals surface area contributed by atoms with Crippen LogP contribution in [0, 0.1) is 11.3 Å². The van der Waals surface area contributed by atoms with Crippen LogP contribution in [0.5, 0.6) is 0 Å². The Labute approximate surface area is 180 Å². The van der Waals surface area contributed by atoms with Crippen molar-refractivity contribution in [3.05, 3.63) is 58.5 Å². The summed E-state index contributed by atoms with van der Waals surface area (Å²) in [6.45, 7) is -0.0123. The second kappa shape index (κ2) is 9.44. The van der Waals surface area contributed by atoms with Crippen LogP contribution in [0.2, 0.25) is 0 Å². The van der Waals surface area contributed by atoms with Gasteiger partial charge in [-0.2, -0.15) is 5.26 Å². The second-order valence-corrected chi connectivity index (χ2v) is 6.93. The number of benzene rings is 2. The topological polar surface area (TPSA) is 162 Å². The summed E-state index contributed by atoms with van der Waals surface area (Å²) in [5.41, 5.74) is 1.51. The number of aliphatic hydroxyl groups is 2. The Bertz CT molecular complexity index is 1200. The molecule has 2 amide bonds. The SMILES string of the molecule is N#Cc1ccc(NC(=O)[C@H](O)[C@@H](O)C(=O)N(CCCl)c2ccc3[nH]c(=O)[nH]c3c2)cc1. The van der Waals surface area contributed by atoms with Crippen molar-refractivity contribution < 1.29 is 19.8 Å². The maximum atomic E-state index is 12.8. The maximum Gasteiger partial charge on any atom is 0.323 e. The number of H-pyrrole nitrogens is 2. The number of anilines is 2. The highest BCUT2D eigenvalue weighted by atomic mass is 35.5. The lowest BCUT2D eigenvalue weighted by Crippen LogP contribution is -2.50. The van der Waals surface area contributed by atoms with Crippen LogP contribution in [-0.4, -0.2) is 56.6 Å². The van der Waals surface area contributed by atoms with Gasteiger partial charge in [0.05, 0.1) is 22.7 Å². The summed E-state index contributed by atoms with van der Waals surface area (Å²) in [5.74, 6) is -1.92. The first-order chi connectivity index (χ1) is 14.8. The molecule has 1 heterocycles. The molecule has 11 heteroatoms. The highest BCUT2D eigenvalue weighted by molar-refractivity contribution is 6.18. The quantitative estimate of drug-likeness (QED) is 0.337. The number of nitriles is 1. The largest absolute Gasteiger partial charge is 0.380 e. The lowest BCUT2D eigenvalue weighted by Gasteiger charge is -2.26. The van der Waals surface area contributed by atoms with Crippen molar-refractivity contribution in [2.45, 2.75) is 12.2 Å². The first kappa shape index (κ1) is 22.0. The Balaban J connectivity index is 1.77. The summed E-state index contributed by atoms with van der Waals surface area (Å²) in [6.07, 6.45) is -4.13. The summed E-state index contributed by atoms with van der Waals surface area (Å²) >= 11 is 5.79. The zero-order valence-corrected chi connectivity index (χ0v) is 16.8. The molecular formula is C20H18ClN5O5. The highest BCUT2D eigenvalue weighted by Crippen LogP contribution is 2.21. The van der Waals surface area contributed by atoms with Gasteiger partial charge in [0.25, 0.3) is 11.8 Å². The number of rotatable bonds is 7. The molecule has 0 aliphatic rings. The van der Waals surface area contributed by atoms with Crippen molar-refractivity contribution in [2.75, 3.05) is 22.6 Å². The number of nitrogens with one attached hydrogen (secondary N) is 3. The Morgan fingerprint density at radius 2 is 1.77 bits per heavy atom. The molecule has 160 valence electrons. The van der Waals surface area contributed by atoms with E-state index in [4.69, 9.17) is 16.9 Å². The van der Waals surface area contributed by atoms with Crippen molar-refractivity contribution in [1.82, 2.24) is 9.97 Å². The standard InChI is InChI=1S/C20H18ClN5O5/c21-7-8-26(13-5-6-14-15(9-13)25-20(31)24-14)19(30)17(28)16(27)18(29)23-12-3-1-11(10-22)2-4-12/h1-6,9,16-17,27-28H,7-8H2,(H,23,29)(H2,24,25,31)/t16-,17-/m1/s1. The van der Waals surface area contributed by atoms with Gasteiger partial charge in [0.15, 0.2) is 12.2 Å². The van der Waals surface area contributed by atoms with E-state index in [9.17, 15) is 24.6 Å². The van der Waals surface area contributed by atoms with E-state index in [-0.39, 0.29) is 18.1 Å². The van der Waals surface area contributed by atoms with E-state index >= 15 is 0 Å². The third-order valence-electron chi connectivity index (χ3n) is 4.49. The van der Waals surface area contributed by atoms with Gasteiger partial charge < -0.3 is 30.4 Å². The monoisotopic (exact) mass is 443 g/mol. The summed E-state index contributed by atoms with van der Waals surface area (Å²) in [6, 6.07) is 12.4. The molecular weight excluding hydrogens is 426 g/mol. The van der Waals surface area contributed by atoms with Gasteiger partial charge in [-0.3, -0.25) is 9.59 Å². The van der Waals surface area contributed by atoms with Crippen LogP contribution in [0.3, 0.4) is 0 Å². The zero-order valence-electron chi connectivity index (χ0n) is 16.0. The number of carbonyl (C=O) groups is 2. The van der Waals surface area contributed by atoms with Crippen LogP contribution in [-0.2, 0) is 9.59 Å². The minimum atomic E-state index is -2.07. The van der Waals surface area contributed by atoms with E-state index in [0.29, 0.717) is 22.3 Å². The van der Waals surface area contributed by atoms with Gasteiger partial charge in [0.2, 0.25) is 0 Å². The minimum absolute atomic E-state index is 0.0123. The molecule has 0 bridgehead atoms. The average Bonchev–Trinajstić information content (AvgIpc) is 3.15. The molecule has 0 spiro atoms. The van der Waals surface area contributed by atoms with Crippen LogP contribution in [0.4, 0.5) is 11.4 Å². The summed E-state index contributed by atoms with van der Waals surface area (Å²) < 4.78 is 0. The van der Waals surface area contributed by atoms with E-state index in [1.54, 1.807) is 6.07 Å². The molecule has 3 rings (SSSR count). The minimum Gasteiger partial charge on any atom is -0.380 e. The fourth-order valence-corrected chi connectivity index (χ4v) is 3.09. The van der Waals surface area contributed by atoms with Crippen LogP contribution in [0.25, 0.3) is 11.0 Å². The molecule has 0 saturated carbocycles. The number of alkyl halides is 1. The highest BCUT2D eigenvalue weighted by Gasteiger charge is 2.34. The van der Waals surface area contributed by atoms with E-state index in [1.807, 2.05) is 6.07 Å². The van der Waals surface area contributed by atoms with Gasteiger partial charge in [-0.15, -0.1) is 11.6 Å². The number of amides is 2. The average molecular weight is 444 g/mol. The number of hydrogen-bond acceptors (Lipinski definition) is 6. The normalized spacial score (nSPS) is 12.7. The number of fused-ring (bicyclic) bond motifs is 1. The molecule has 2 aromatic carbocycles. The molecule has 2 atom stereocenters. The number of imidazole rings is 1. The molecule has 0 fully saturated rings. The lowest BCUT2D eigenvalue weighted by atomic mass is 10.1. The number of hydrogen-bond donors (Lipinski definition) is 5. The number of aromatic nitrogens is 2. The predicted molar refractivity (Wildman–Crippen MR) is 114 cm³/mol. The van der Waals surface area contributed by atoms with Crippen molar-refractivity contribution in [2.24, 2.45) is 0 Å². The second-order valence-electron chi connectivity index (χ2n) is 6.56. The van der Waals surface area contributed by atoms with Gasteiger partial charge in [0, 0.05) is 23.8 Å². The maximum absolute atomic E-state index is 12.8. The number of carbonyl (C=O) groups excluding carboxylic acids is 2. The Morgan fingerprint density at radius 3 is 2.42 bits per heavy atom. The molecule has 0 saturated heterocycles. The van der Waals surface area contributed by atoms with E-state index in [1.165, 1.54) is 36.4 Å². The van der Waals surface area contributed by atoms with Crippen LogP contribution in [0.1, 0.15) is 5.56 Å². The predicted octanol–water partition coefficient (Wildman–Crippen LogP) is 0.660. The molecule has 0 aliphatic carbocycles. The van der Waals surface area contributed by atoms with E-state index < -0.39 is 29.7 Å². The zero-order chi connectivity index (χ0) is 22.5. The molecule has 0 unspecified atom stereocenters. The summed E-state index contributed by atoms with van der Waals surface area (Å²) in [4.78, 5) is 42.8. The van der Waals surface area contributed by atoms with Crippen LogP contribution in [0.15, 0.2) is 47.3 Å². The fraction of sp³-hybridized carbons (Fsp3) is 0.200. The Morgan fingerprint density at radius 1 is 1.10 bits per heavy atom.